The van der Waals surface area contributed by atoms with Gasteiger partial charge in [-0.2, -0.15) is 0 Å². The van der Waals surface area contributed by atoms with Crippen LogP contribution in [0.2, 0.25) is 5.02 Å². The molecule has 0 radical (unpaired) electrons. The summed E-state index contributed by atoms with van der Waals surface area (Å²) in [6.07, 6.45) is 0. The number of nitrogens with one attached hydrogen (secondary N) is 2. The van der Waals surface area contributed by atoms with E-state index in [9.17, 15) is 4.79 Å². The van der Waals surface area contributed by atoms with Crippen molar-refractivity contribution in [2.75, 3.05) is 10.6 Å². The molecular weight excluding hydrogens is 360 g/mol. The summed E-state index contributed by atoms with van der Waals surface area (Å²) in [5.41, 5.74) is 4.94. The molecule has 1 amide bonds. The van der Waals surface area contributed by atoms with E-state index in [1.807, 2.05) is 39.0 Å². The van der Waals surface area contributed by atoms with Gasteiger partial charge in [-0.15, -0.1) is 0 Å². The van der Waals surface area contributed by atoms with Crippen molar-refractivity contribution in [1.29, 1.82) is 0 Å². The van der Waals surface area contributed by atoms with Gasteiger partial charge in [0.2, 0.25) is 5.95 Å². The third-order valence-corrected chi connectivity index (χ3v) is 4.29. The second-order valence-electron chi connectivity index (χ2n) is 6.47. The zero-order valence-corrected chi connectivity index (χ0v) is 16.3. The Morgan fingerprint density at radius 3 is 2.59 bits per heavy atom. The third kappa shape index (κ3) is 5.05. The molecule has 2 aromatic carbocycles. The fourth-order valence-electron chi connectivity index (χ4n) is 2.72. The van der Waals surface area contributed by atoms with Crippen molar-refractivity contribution >= 4 is 29.1 Å². The Morgan fingerprint density at radius 1 is 1.04 bits per heavy atom. The molecule has 0 spiro atoms. The number of carbonyl (C=O) groups excluding carboxylic acids is 1. The smallest absolute Gasteiger partial charge is 0.274 e. The van der Waals surface area contributed by atoms with Gasteiger partial charge in [0.1, 0.15) is 5.69 Å². The zero-order chi connectivity index (χ0) is 19.4. The van der Waals surface area contributed by atoms with Gasteiger partial charge >= 0.3 is 0 Å². The van der Waals surface area contributed by atoms with Crippen LogP contribution in [0.5, 0.6) is 0 Å². The molecule has 1 heterocycles. The number of aromatic nitrogens is 2. The molecular formula is C21H21ClN4O. The molecule has 0 aliphatic carbocycles. The highest BCUT2D eigenvalue weighted by molar-refractivity contribution is 6.30. The summed E-state index contributed by atoms with van der Waals surface area (Å²) in [6, 6.07) is 15.2. The highest BCUT2D eigenvalue weighted by atomic mass is 35.5. The SMILES string of the molecule is Cc1cccc(CNc2nc(C)cc(C(=O)Nc3ccc(Cl)cc3C)n2)c1. The third-order valence-electron chi connectivity index (χ3n) is 4.06. The van der Waals surface area contributed by atoms with Gasteiger partial charge in [-0.25, -0.2) is 9.97 Å². The normalized spacial score (nSPS) is 10.5. The lowest BCUT2D eigenvalue weighted by Gasteiger charge is -2.11. The van der Waals surface area contributed by atoms with E-state index in [4.69, 9.17) is 11.6 Å². The second-order valence-corrected chi connectivity index (χ2v) is 6.91. The minimum atomic E-state index is -0.287. The Bertz CT molecular complexity index is 988. The van der Waals surface area contributed by atoms with Gasteiger partial charge in [-0.3, -0.25) is 4.79 Å². The quantitative estimate of drug-likeness (QED) is 0.659. The van der Waals surface area contributed by atoms with E-state index in [1.165, 1.54) is 5.56 Å². The number of aryl methyl sites for hydroxylation is 3. The predicted molar refractivity (Wildman–Crippen MR) is 109 cm³/mol. The van der Waals surface area contributed by atoms with Gasteiger partial charge in [0.25, 0.3) is 5.91 Å². The summed E-state index contributed by atoms with van der Waals surface area (Å²) in [4.78, 5) is 21.3. The van der Waals surface area contributed by atoms with Crippen LogP contribution in [0.15, 0.2) is 48.5 Å². The lowest BCUT2D eigenvalue weighted by Crippen LogP contribution is -2.16. The monoisotopic (exact) mass is 380 g/mol. The van der Waals surface area contributed by atoms with Crippen LogP contribution in [0.3, 0.4) is 0 Å². The van der Waals surface area contributed by atoms with Crippen molar-refractivity contribution in [2.45, 2.75) is 27.3 Å². The van der Waals surface area contributed by atoms with Crippen LogP contribution < -0.4 is 10.6 Å². The minimum absolute atomic E-state index is 0.287. The zero-order valence-electron chi connectivity index (χ0n) is 15.5. The topological polar surface area (TPSA) is 66.9 Å². The molecule has 0 aliphatic heterocycles. The molecule has 0 unspecified atom stereocenters. The first kappa shape index (κ1) is 18.9. The molecule has 0 bridgehead atoms. The largest absolute Gasteiger partial charge is 0.350 e. The van der Waals surface area contributed by atoms with E-state index >= 15 is 0 Å². The van der Waals surface area contributed by atoms with Crippen LogP contribution in [0.4, 0.5) is 11.6 Å². The number of anilines is 2. The molecule has 3 aromatic rings. The summed E-state index contributed by atoms with van der Waals surface area (Å²) in [5, 5.41) is 6.69. The molecule has 6 heteroatoms. The molecule has 0 atom stereocenters. The summed E-state index contributed by atoms with van der Waals surface area (Å²) in [7, 11) is 0. The molecule has 0 fully saturated rings. The Labute approximate surface area is 163 Å². The fraction of sp³-hybridized carbons (Fsp3) is 0.190. The number of benzene rings is 2. The van der Waals surface area contributed by atoms with Crippen LogP contribution >= 0.6 is 11.6 Å². The lowest BCUT2D eigenvalue weighted by atomic mass is 10.1. The summed E-state index contributed by atoms with van der Waals surface area (Å²) in [5.74, 6) is 0.138. The average molecular weight is 381 g/mol. The number of nitrogens with zero attached hydrogens (tertiary/aromatic N) is 2. The van der Waals surface area contributed by atoms with Crippen LogP contribution in [-0.4, -0.2) is 15.9 Å². The first-order valence-electron chi connectivity index (χ1n) is 8.63. The van der Waals surface area contributed by atoms with Crippen molar-refractivity contribution in [3.63, 3.8) is 0 Å². The molecule has 0 saturated carbocycles. The van der Waals surface area contributed by atoms with Crippen LogP contribution in [0, 0.1) is 20.8 Å². The van der Waals surface area contributed by atoms with Crippen molar-refractivity contribution in [1.82, 2.24) is 9.97 Å². The standard InChI is InChI=1S/C21H21ClN4O/c1-13-5-4-6-16(9-13)12-23-21-24-15(3)11-19(26-21)20(27)25-18-8-7-17(22)10-14(18)2/h4-11H,12H2,1-3H3,(H,25,27)(H,23,24,26). The van der Waals surface area contributed by atoms with E-state index in [2.05, 4.69) is 26.7 Å². The van der Waals surface area contributed by atoms with Gasteiger partial charge < -0.3 is 10.6 Å². The maximum atomic E-state index is 12.6. The average Bonchev–Trinajstić information content (AvgIpc) is 2.62. The predicted octanol–water partition coefficient (Wildman–Crippen LogP) is 4.92. The number of hydrogen-bond acceptors (Lipinski definition) is 4. The number of hydrogen-bond donors (Lipinski definition) is 2. The van der Waals surface area contributed by atoms with Gasteiger partial charge in [-0.1, -0.05) is 41.4 Å². The van der Waals surface area contributed by atoms with E-state index < -0.39 is 0 Å². The van der Waals surface area contributed by atoms with Crippen molar-refractivity contribution < 1.29 is 4.79 Å². The molecule has 5 nitrogen and oxygen atoms in total. The molecule has 138 valence electrons. The molecule has 0 aliphatic rings. The van der Waals surface area contributed by atoms with E-state index in [-0.39, 0.29) is 5.91 Å². The number of amides is 1. The van der Waals surface area contributed by atoms with Gasteiger partial charge in [-0.05, 0) is 56.2 Å². The Balaban J connectivity index is 1.75. The van der Waals surface area contributed by atoms with Crippen molar-refractivity contribution in [2.24, 2.45) is 0 Å². The molecule has 0 saturated heterocycles. The first-order valence-corrected chi connectivity index (χ1v) is 9.01. The molecule has 27 heavy (non-hydrogen) atoms. The first-order chi connectivity index (χ1) is 12.9. The maximum absolute atomic E-state index is 12.6. The van der Waals surface area contributed by atoms with Gasteiger partial charge in [0.15, 0.2) is 0 Å². The Hall–Kier alpha value is -2.92. The minimum Gasteiger partial charge on any atom is -0.350 e. The maximum Gasteiger partial charge on any atom is 0.274 e. The van der Waals surface area contributed by atoms with Gasteiger partial charge in [0, 0.05) is 22.9 Å². The summed E-state index contributed by atoms with van der Waals surface area (Å²) in [6.45, 7) is 6.36. The number of rotatable bonds is 5. The van der Waals surface area contributed by atoms with Crippen molar-refractivity contribution in [3.8, 4) is 0 Å². The van der Waals surface area contributed by atoms with E-state index in [0.29, 0.717) is 28.9 Å². The fourth-order valence-corrected chi connectivity index (χ4v) is 2.95. The van der Waals surface area contributed by atoms with Gasteiger partial charge in [0.05, 0.1) is 0 Å². The summed E-state index contributed by atoms with van der Waals surface area (Å²) < 4.78 is 0. The van der Waals surface area contributed by atoms with Crippen LogP contribution in [0.1, 0.15) is 32.9 Å². The van der Waals surface area contributed by atoms with E-state index in [0.717, 1.165) is 16.8 Å². The Morgan fingerprint density at radius 2 is 1.85 bits per heavy atom. The number of carbonyl (C=O) groups is 1. The Kier molecular flexibility index (Phi) is 5.72. The van der Waals surface area contributed by atoms with Crippen molar-refractivity contribution in [3.05, 3.63) is 81.6 Å². The molecule has 2 N–H and O–H groups in total. The molecule has 1 aromatic heterocycles. The van der Waals surface area contributed by atoms with E-state index in [1.54, 1.807) is 24.3 Å². The van der Waals surface area contributed by atoms with Crippen LogP contribution in [0.25, 0.3) is 0 Å². The lowest BCUT2D eigenvalue weighted by molar-refractivity contribution is 0.102. The number of halogens is 1. The summed E-state index contributed by atoms with van der Waals surface area (Å²) >= 11 is 5.97. The highest BCUT2D eigenvalue weighted by Gasteiger charge is 2.12. The highest BCUT2D eigenvalue weighted by Crippen LogP contribution is 2.20. The van der Waals surface area contributed by atoms with Crippen LogP contribution in [-0.2, 0) is 6.54 Å². The molecule has 3 rings (SSSR count). The second kappa shape index (κ2) is 8.18.